The molecule has 0 bridgehead atoms. The summed E-state index contributed by atoms with van der Waals surface area (Å²) >= 11 is 0. The Morgan fingerprint density at radius 2 is 2.00 bits per heavy atom. The van der Waals surface area contributed by atoms with Crippen LogP contribution in [0.25, 0.3) is 0 Å². The van der Waals surface area contributed by atoms with Crippen molar-refractivity contribution in [3.05, 3.63) is 24.3 Å². The van der Waals surface area contributed by atoms with Gasteiger partial charge in [-0.3, -0.25) is 4.99 Å². The fourth-order valence-corrected chi connectivity index (χ4v) is 2.51. The Labute approximate surface area is 150 Å². The highest BCUT2D eigenvalue weighted by Gasteiger charge is 2.35. The van der Waals surface area contributed by atoms with Crippen LogP contribution in [-0.2, 0) is 0 Å². The molecule has 8 heteroatoms. The first-order valence-electron chi connectivity index (χ1n) is 7.25. The van der Waals surface area contributed by atoms with Crippen LogP contribution in [0.4, 0.5) is 18.9 Å². The number of hydrogen-bond donors (Lipinski definition) is 2. The number of benzene rings is 1. The average Bonchev–Trinajstić information content (AvgIpc) is 2.39. The van der Waals surface area contributed by atoms with Crippen molar-refractivity contribution in [3.63, 3.8) is 0 Å². The van der Waals surface area contributed by atoms with Gasteiger partial charge in [-0.2, -0.15) is 0 Å². The maximum Gasteiger partial charge on any atom is 0.573 e. The number of anilines is 1. The molecule has 4 nitrogen and oxygen atoms in total. The summed E-state index contributed by atoms with van der Waals surface area (Å²) in [4.78, 5) is 4.27. The minimum Gasteiger partial charge on any atom is -0.404 e. The Bertz CT molecular complexity index is 540. The Morgan fingerprint density at radius 3 is 2.52 bits per heavy atom. The third-order valence-corrected chi connectivity index (χ3v) is 4.12. The molecular weight excluding hydrogens is 422 g/mol. The minimum absolute atomic E-state index is 0. The molecule has 0 aromatic heterocycles. The van der Waals surface area contributed by atoms with E-state index in [1.165, 1.54) is 24.6 Å². The third kappa shape index (κ3) is 5.74. The molecule has 1 aromatic rings. The van der Waals surface area contributed by atoms with Gasteiger partial charge >= 0.3 is 6.36 Å². The molecule has 0 saturated heterocycles. The van der Waals surface area contributed by atoms with E-state index in [1.807, 2.05) is 0 Å². The van der Waals surface area contributed by atoms with Gasteiger partial charge in [-0.1, -0.05) is 25.5 Å². The van der Waals surface area contributed by atoms with Gasteiger partial charge in [0, 0.05) is 6.54 Å². The number of nitrogens with zero attached hydrogens (tertiary/aromatic N) is 1. The van der Waals surface area contributed by atoms with Crippen molar-refractivity contribution in [1.82, 2.24) is 0 Å². The number of rotatable bonds is 5. The van der Waals surface area contributed by atoms with E-state index < -0.39 is 6.36 Å². The molecule has 1 fully saturated rings. The van der Waals surface area contributed by atoms with E-state index in [-0.39, 0.29) is 46.8 Å². The molecule has 130 valence electrons. The van der Waals surface area contributed by atoms with Gasteiger partial charge in [0.2, 0.25) is 0 Å². The molecular formula is C15H21F3IN3O. The zero-order chi connectivity index (χ0) is 16.2. The summed E-state index contributed by atoms with van der Waals surface area (Å²) in [5.74, 6) is -0.236. The van der Waals surface area contributed by atoms with Crippen molar-refractivity contribution in [2.75, 3.05) is 11.9 Å². The number of guanidine groups is 1. The van der Waals surface area contributed by atoms with Crippen LogP contribution in [-0.4, -0.2) is 18.9 Å². The lowest BCUT2D eigenvalue weighted by Crippen LogP contribution is -2.34. The Kier molecular flexibility index (Phi) is 6.97. The van der Waals surface area contributed by atoms with Crippen LogP contribution in [0, 0.1) is 5.41 Å². The average molecular weight is 443 g/mol. The molecule has 0 spiro atoms. The highest BCUT2D eigenvalue weighted by atomic mass is 127. The summed E-state index contributed by atoms with van der Waals surface area (Å²) in [6, 6.07) is 5.74. The summed E-state index contributed by atoms with van der Waals surface area (Å²) < 4.78 is 41.0. The molecule has 0 amide bonds. The summed E-state index contributed by atoms with van der Waals surface area (Å²) in [7, 11) is 0. The zero-order valence-corrected chi connectivity index (χ0v) is 15.2. The molecule has 1 aliphatic rings. The SMILES string of the molecule is CCC1(CN=C(N)Nc2ccccc2OC(F)(F)F)CCC1.I. The highest BCUT2D eigenvalue weighted by molar-refractivity contribution is 14.0. The maximum atomic E-state index is 12.4. The predicted octanol–water partition coefficient (Wildman–Crippen LogP) is 4.51. The van der Waals surface area contributed by atoms with E-state index >= 15 is 0 Å². The quantitative estimate of drug-likeness (QED) is 0.400. The second-order valence-electron chi connectivity index (χ2n) is 5.58. The van der Waals surface area contributed by atoms with Crippen LogP contribution in [0.3, 0.4) is 0 Å². The standard InChI is InChI=1S/C15H20F3N3O.HI/c1-2-14(8-5-9-14)10-20-13(19)21-11-6-3-4-7-12(11)22-15(16,17)18;/h3-4,6-7H,2,5,8-10H2,1H3,(H3,19,20,21);1H. The molecule has 0 unspecified atom stereocenters. The molecule has 0 radical (unpaired) electrons. The fourth-order valence-electron chi connectivity index (χ4n) is 2.51. The predicted molar refractivity (Wildman–Crippen MR) is 95.2 cm³/mol. The normalized spacial score (nSPS) is 17.0. The Balaban J connectivity index is 0.00000264. The Hall–Kier alpha value is -1.19. The Morgan fingerprint density at radius 1 is 1.35 bits per heavy atom. The van der Waals surface area contributed by atoms with E-state index in [9.17, 15) is 13.2 Å². The molecule has 0 atom stereocenters. The number of alkyl halides is 3. The highest BCUT2D eigenvalue weighted by Crippen LogP contribution is 2.43. The zero-order valence-electron chi connectivity index (χ0n) is 12.8. The van der Waals surface area contributed by atoms with Crippen molar-refractivity contribution in [3.8, 4) is 5.75 Å². The molecule has 1 aliphatic carbocycles. The van der Waals surface area contributed by atoms with Gasteiger partial charge in [-0.15, -0.1) is 37.1 Å². The topological polar surface area (TPSA) is 59.6 Å². The smallest absolute Gasteiger partial charge is 0.404 e. The molecule has 1 saturated carbocycles. The van der Waals surface area contributed by atoms with Gasteiger partial charge in [0.05, 0.1) is 5.69 Å². The summed E-state index contributed by atoms with van der Waals surface area (Å²) in [6.45, 7) is 2.70. The number of nitrogens with one attached hydrogen (secondary N) is 1. The van der Waals surface area contributed by atoms with Crippen molar-refractivity contribution in [2.24, 2.45) is 16.1 Å². The number of ether oxygens (including phenoxy) is 1. The second-order valence-corrected chi connectivity index (χ2v) is 5.58. The van der Waals surface area contributed by atoms with Gasteiger partial charge in [0.15, 0.2) is 11.7 Å². The molecule has 2 rings (SSSR count). The van der Waals surface area contributed by atoms with Gasteiger partial charge in [-0.25, -0.2) is 0 Å². The number of hydrogen-bond acceptors (Lipinski definition) is 2. The first-order valence-corrected chi connectivity index (χ1v) is 7.25. The summed E-state index contributed by atoms with van der Waals surface area (Å²) in [5, 5.41) is 2.68. The molecule has 0 heterocycles. The van der Waals surface area contributed by atoms with Crippen molar-refractivity contribution < 1.29 is 17.9 Å². The van der Waals surface area contributed by atoms with Crippen molar-refractivity contribution >= 4 is 35.6 Å². The molecule has 1 aromatic carbocycles. The fraction of sp³-hybridized carbons (Fsp3) is 0.533. The molecule has 23 heavy (non-hydrogen) atoms. The van der Waals surface area contributed by atoms with E-state index in [0.717, 1.165) is 19.3 Å². The minimum atomic E-state index is -4.75. The van der Waals surface area contributed by atoms with Gasteiger partial charge in [0.25, 0.3) is 0 Å². The van der Waals surface area contributed by atoms with Gasteiger partial charge in [0.1, 0.15) is 0 Å². The third-order valence-electron chi connectivity index (χ3n) is 4.12. The lowest BCUT2D eigenvalue weighted by Gasteiger charge is -2.40. The van der Waals surface area contributed by atoms with Crippen molar-refractivity contribution in [2.45, 2.75) is 39.0 Å². The maximum absolute atomic E-state index is 12.4. The number of halogens is 4. The van der Waals surface area contributed by atoms with Crippen LogP contribution in [0.1, 0.15) is 32.6 Å². The summed E-state index contributed by atoms with van der Waals surface area (Å²) in [5.41, 5.74) is 6.12. The van der Waals surface area contributed by atoms with Crippen LogP contribution in [0.5, 0.6) is 5.75 Å². The van der Waals surface area contributed by atoms with E-state index in [0.29, 0.717) is 6.54 Å². The van der Waals surface area contributed by atoms with Crippen LogP contribution in [0.15, 0.2) is 29.3 Å². The largest absolute Gasteiger partial charge is 0.573 e. The molecule has 0 aliphatic heterocycles. The number of aliphatic imine (C=N–C) groups is 1. The first kappa shape index (κ1) is 19.9. The summed E-state index contributed by atoms with van der Waals surface area (Å²) in [6.07, 6.45) is -0.291. The van der Waals surface area contributed by atoms with Gasteiger partial charge in [-0.05, 0) is 36.8 Å². The number of nitrogens with two attached hydrogens (primary N) is 1. The molecule has 3 N–H and O–H groups in total. The number of para-hydroxylation sites is 2. The first-order chi connectivity index (χ1) is 10.3. The van der Waals surface area contributed by atoms with E-state index in [1.54, 1.807) is 6.07 Å². The van der Waals surface area contributed by atoms with Crippen LogP contribution < -0.4 is 15.8 Å². The lowest BCUT2D eigenvalue weighted by atomic mass is 9.67. The van der Waals surface area contributed by atoms with Crippen LogP contribution >= 0.6 is 24.0 Å². The van der Waals surface area contributed by atoms with Crippen LogP contribution in [0.2, 0.25) is 0 Å². The van der Waals surface area contributed by atoms with Crippen molar-refractivity contribution in [1.29, 1.82) is 0 Å². The second kappa shape index (κ2) is 8.07. The monoisotopic (exact) mass is 443 g/mol. The lowest BCUT2D eigenvalue weighted by molar-refractivity contribution is -0.274. The van der Waals surface area contributed by atoms with Gasteiger partial charge < -0.3 is 15.8 Å². The van der Waals surface area contributed by atoms with E-state index in [4.69, 9.17) is 5.73 Å². The van der Waals surface area contributed by atoms with E-state index in [2.05, 4.69) is 22.0 Å².